The summed E-state index contributed by atoms with van der Waals surface area (Å²) in [5.41, 5.74) is 1.19. The van der Waals surface area contributed by atoms with Crippen LogP contribution >= 0.6 is 24.0 Å². The first-order chi connectivity index (χ1) is 12.5. The molecule has 0 bridgehead atoms. The zero-order valence-corrected chi connectivity index (χ0v) is 19.4. The van der Waals surface area contributed by atoms with Crippen molar-refractivity contribution in [1.82, 2.24) is 15.5 Å². The van der Waals surface area contributed by atoms with E-state index in [1.165, 1.54) is 5.56 Å². The maximum Gasteiger partial charge on any atom is 0.243 e. The summed E-state index contributed by atoms with van der Waals surface area (Å²) >= 11 is 0. The molecular formula is C20H35IN4O2. The fourth-order valence-corrected chi connectivity index (χ4v) is 2.21. The first-order valence-corrected chi connectivity index (χ1v) is 9.43. The molecule has 2 N–H and O–H groups in total. The minimum Gasteiger partial charge on any atom is -0.374 e. The van der Waals surface area contributed by atoms with E-state index in [9.17, 15) is 4.79 Å². The van der Waals surface area contributed by atoms with E-state index < -0.39 is 0 Å². The maximum absolute atomic E-state index is 11.7. The number of carbonyl (C=O) groups is 1. The van der Waals surface area contributed by atoms with Crippen LogP contribution in [-0.2, 0) is 9.53 Å². The Balaban J connectivity index is 0.00000676. The summed E-state index contributed by atoms with van der Waals surface area (Å²) in [5, 5.41) is 6.54. The molecule has 0 heterocycles. The number of carbonyl (C=O) groups excluding carboxylic acids is 1. The molecule has 1 unspecified atom stereocenters. The number of likely N-dealkylation sites (N-methyl/N-ethyl adjacent to an activating group) is 1. The van der Waals surface area contributed by atoms with Crippen molar-refractivity contribution >= 4 is 35.8 Å². The fourth-order valence-electron chi connectivity index (χ4n) is 2.21. The third-order valence-corrected chi connectivity index (χ3v) is 3.94. The normalized spacial score (nSPS) is 12.1. The van der Waals surface area contributed by atoms with Gasteiger partial charge in [0.05, 0.1) is 6.10 Å². The van der Waals surface area contributed by atoms with Gasteiger partial charge in [0.2, 0.25) is 5.91 Å². The number of aliphatic imine (C=N–C) groups is 1. The largest absolute Gasteiger partial charge is 0.374 e. The maximum atomic E-state index is 11.7. The predicted molar refractivity (Wildman–Crippen MR) is 123 cm³/mol. The zero-order chi connectivity index (χ0) is 19.2. The second kappa shape index (κ2) is 15.7. The first kappa shape index (κ1) is 25.6. The van der Waals surface area contributed by atoms with Crippen LogP contribution in [-0.4, -0.2) is 57.1 Å². The summed E-state index contributed by atoms with van der Waals surface area (Å²) in [6.45, 7) is 6.62. The number of hydrogen-bond donors (Lipinski definition) is 2. The van der Waals surface area contributed by atoms with Crippen LogP contribution in [0.1, 0.15) is 44.8 Å². The van der Waals surface area contributed by atoms with E-state index in [0.29, 0.717) is 12.6 Å². The first-order valence-electron chi connectivity index (χ1n) is 9.43. The lowest BCUT2D eigenvalue weighted by Crippen LogP contribution is -2.39. The molecule has 0 radical (unpaired) electrons. The Kier molecular flexibility index (Phi) is 14.9. The molecule has 7 heteroatoms. The van der Waals surface area contributed by atoms with Crippen molar-refractivity contribution in [3.05, 3.63) is 35.9 Å². The Hall–Kier alpha value is -1.35. The molecule has 1 atom stereocenters. The standard InChI is InChI=1S/C20H34N4O2.HI/c1-5-6-13-21-20(23-16-19(25)24(3)4)22-14-10-15-26-17(2)18-11-8-7-9-12-18;/h7-9,11-12,17H,5-6,10,13-16H2,1-4H3,(H2,21,22,23);1H. The van der Waals surface area contributed by atoms with Gasteiger partial charge in [0.15, 0.2) is 5.96 Å². The van der Waals surface area contributed by atoms with Crippen molar-refractivity contribution in [3.63, 3.8) is 0 Å². The third-order valence-electron chi connectivity index (χ3n) is 3.94. The average molecular weight is 490 g/mol. The average Bonchev–Trinajstić information content (AvgIpc) is 2.65. The number of halogens is 1. The van der Waals surface area contributed by atoms with E-state index in [1.54, 1.807) is 19.0 Å². The van der Waals surface area contributed by atoms with E-state index in [4.69, 9.17) is 4.74 Å². The van der Waals surface area contributed by atoms with E-state index in [-0.39, 0.29) is 42.5 Å². The summed E-state index contributed by atoms with van der Waals surface area (Å²) in [6, 6.07) is 10.2. The molecule has 0 aliphatic heterocycles. The highest BCUT2D eigenvalue weighted by atomic mass is 127. The number of rotatable bonds is 11. The Bertz CT molecular complexity index is 538. The molecule has 0 aliphatic carbocycles. The van der Waals surface area contributed by atoms with Gasteiger partial charge in [0.1, 0.15) is 6.54 Å². The van der Waals surface area contributed by atoms with Crippen LogP contribution in [0.2, 0.25) is 0 Å². The molecule has 0 fully saturated rings. The molecule has 1 aromatic carbocycles. The van der Waals surface area contributed by atoms with E-state index >= 15 is 0 Å². The van der Waals surface area contributed by atoms with Crippen LogP contribution < -0.4 is 10.6 Å². The number of guanidine groups is 1. The topological polar surface area (TPSA) is 66.0 Å². The Labute approximate surface area is 181 Å². The Morgan fingerprint density at radius 2 is 1.78 bits per heavy atom. The zero-order valence-electron chi connectivity index (χ0n) is 17.0. The molecule has 0 saturated carbocycles. The summed E-state index contributed by atoms with van der Waals surface area (Å²) in [6.07, 6.45) is 3.14. The number of unbranched alkanes of at least 4 members (excludes halogenated alkanes) is 1. The lowest BCUT2D eigenvalue weighted by Gasteiger charge is -2.15. The summed E-state index contributed by atoms with van der Waals surface area (Å²) < 4.78 is 5.88. The van der Waals surface area contributed by atoms with Crippen LogP contribution in [0.25, 0.3) is 0 Å². The van der Waals surface area contributed by atoms with Gasteiger partial charge in [-0.1, -0.05) is 43.7 Å². The van der Waals surface area contributed by atoms with Crippen LogP contribution in [0.3, 0.4) is 0 Å². The molecule has 6 nitrogen and oxygen atoms in total. The Morgan fingerprint density at radius 1 is 1.15 bits per heavy atom. The molecule has 1 aromatic rings. The van der Waals surface area contributed by atoms with Crippen LogP contribution in [0.4, 0.5) is 0 Å². The number of nitrogens with zero attached hydrogens (tertiary/aromatic N) is 2. The van der Waals surface area contributed by atoms with Gasteiger partial charge in [-0.3, -0.25) is 4.79 Å². The fraction of sp³-hybridized carbons (Fsp3) is 0.600. The molecule has 1 rings (SSSR count). The SMILES string of the molecule is CCCCNC(=NCC(=O)N(C)C)NCCCOC(C)c1ccccc1.I. The highest BCUT2D eigenvalue weighted by Crippen LogP contribution is 2.15. The van der Waals surface area contributed by atoms with Crippen LogP contribution in [0.5, 0.6) is 0 Å². The van der Waals surface area contributed by atoms with Gasteiger partial charge >= 0.3 is 0 Å². The van der Waals surface area contributed by atoms with Crippen molar-refractivity contribution in [2.24, 2.45) is 4.99 Å². The molecule has 0 aromatic heterocycles. The highest BCUT2D eigenvalue weighted by Gasteiger charge is 2.06. The second-order valence-electron chi connectivity index (χ2n) is 6.44. The number of hydrogen-bond acceptors (Lipinski definition) is 3. The molecule has 0 spiro atoms. The molecule has 1 amide bonds. The third kappa shape index (κ3) is 11.9. The molecule has 154 valence electrons. The minimum absolute atomic E-state index is 0. The Morgan fingerprint density at radius 3 is 2.37 bits per heavy atom. The van der Waals surface area contributed by atoms with Crippen molar-refractivity contribution in [3.8, 4) is 0 Å². The number of ether oxygens (including phenoxy) is 1. The van der Waals surface area contributed by atoms with E-state index in [0.717, 1.165) is 32.4 Å². The molecule has 0 saturated heterocycles. The van der Waals surface area contributed by atoms with Gasteiger partial charge in [-0.25, -0.2) is 4.99 Å². The predicted octanol–water partition coefficient (Wildman–Crippen LogP) is 3.20. The number of amides is 1. The summed E-state index contributed by atoms with van der Waals surface area (Å²) in [4.78, 5) is 17.6. The van der Waals surface area contributed by atoms with Gasteiger partial charge < -0.3 is 20.3 Å². The van der Waals surface area contributed by atoms with Crippen LogP contribution in [0, 0.1) is 0 Å². The van der Waals surface area contributed by atoms with E-state index in [2.05, 4.69) is 41.6 Å². The summed E-state index contributed by atoms with van der Waals surface area (Å²) in [5.74, 6) is 0.673. The van der Waals surface area contributed by atoms with Gasteiger partial charge in [-0.15, -0.1) is 24.0 Å². The van der Waals surface area contributed by atoms with Gasteiger partial charge in [-0.05, 0) is 25.3 Å². The van der Waals surface area contributed by atoms with Crippen LogP contribution in [0.15, 0.2) is 35.3 Å². The lowest BCUT2D eigenvalue weighted by atomic mass is 10.1. The highest BCUT2D eigenvalue weighted by molar-refractivity contribution is 14.0. The van der Waals surface area contributed by atoms with Crippen molar-refractivity contribution in [1.29, 1.82) is 0 Å². The van der Waals surface area contributed by atoms with Crippen molar-refractivity contribution < 1.29 is 9.53 Å². The smallest absolute Gasteiger partial charge is 0.243 e. The van der Waals surface area contributed by atoms with E-state index in [1.807, 2.05) is 18.2 Å². The second-order valence-corrected chi connectivity index (χ2v) is 6.44. The summed E-state index contributed by atoms with van der Waals surface area (Å²) in [7, 11) is 3.47. The monoisotopic (exact) mass is 490 g/mol. The molecule has 0 aliphatic rings. The quantitative estimate of drug-likeness (QED) is 0.217. The van der Waals surface area contributed by atoms with Crippen molar-refractivity contribution in [2.75, 3.05) is 40.3 Å². The molecular weight excluding hydrogens is 455 g/mol. The minimum atomic E-state index is -0.0124. The van der Waals surface area contributed by atoms with Crippen molar-refractivity contribution in [2.45, 2.75) is 39.2 Å². The lowest BCUT2D eigenvalue weighted by molar-refractivity contribution is -0.127. The number of benzene rings is 1. The number of nitrogens with one attached hydrogen (secondary N) is 2. The van der Waals surface area contributed by atoms with Gasteiger partial charge in [0, 0.05) is 33.8 Å². The van der Waals surface area contributed by atoms with Gasteiger partial charge in [0.25, 0.3) is 0 Å². The molecule has 27 heavy (non-hydrogen) atoms. The van der Waals surface area contributed by atoms with Gasteiger partial charge in [-0.2, -0.15) is 0 Å².